The van der Waals surface area contributed by atoms with Gasteiger partial charge < -0.3 is 5.32 Å². The number of hydrogen-bond donors (Lipinski definition) is 1. The SMILES string of the molecule is CNCc1cc(CN(C)C2CCC(C)(C)CC2)c(C)s1. The smallest absolute Gasteiger partial charge is 0.0296 e. The number of thiophene rings is 1. The van der Waals surface area contributed by atoms with Crippen LogP contribution >= 0.6 is 11.3 Å². The largest absolute Gasteiger partial charge is 0.315 e. The Bertz CT molecular complexity index is 426. The first-order valence-electron chi connectivity index (χ1n) is 7.84. The molecular formula is C17H30N2S. The highest BCUT2D eigenvalue weighted by atomic mass is 32.1. The monoisotopic (exact) mass is 294 g/mol. The van der Waals surface area contributed by atoms with Gasteiger partial charge in [0.1, 0.15) is 0 Å². The number of hydrogen-bond acceptors (Lipinski definition) is 3. The zero-order chi connectivity index (χ0) is 14.8. The molecule has 1 saturated carbocycles. The predicted molar refractivity (Wildman–Crippen MR) is 89.3 cm³/mol. The lowest BCUT2D eigenvalue weighted by Gasteiger charge is -2.38. The van der Waals surface area contributed by atoms with Crippen LogP contribution in [0, 0.1) is 12.3 Å². The van der Waals surface area contributed by atoms with Gasteiger partial charge in [0.2, 0.25) is 0 Å². The summed E-state index contributed by atoms with van der Waals surface area (Å²) in [6.45, 7) is 9.19. The molecule has 20 heavy (non-hydrogen) atoms. The molecule has 0 aliphatic heterocycles. The van der Waals surface area contributed by atoms with Gasteiger partial charge in [0.05, 0.1) is 0 Å². The van der Waals surface area contributed by atoms with Gasteiger partial charge in [-0.15, -0.1) is 11.3 Å². The normalized spacial score (nSPS) is 19.7. The fourth-order valence-electron chi connectivity index (χ4n) is 3.23. The molecule has 1 aliphatic rings. The summed E-state index contributed by atoms with van der Waals surface area (Å²) in [7, 11) is 4.32. The fourth-order valence-corrected chi connectivity index (χ4v) is 4.29. The van der Waals surface area contributed by atoms with Crippen LogP contribution in [0.15, 0.2) is 6.07 Å². The van der Waals surface area contributed by atoms with E-state index < -0.39 is 0 Å². The van der Waals surface area contributed by atoms with Crippen LogP contribution in [0.3, 0.4) is 0 Å². The van der Waals surface area contributed by atoms with E-state index >= 15 is 0 Å². The van der Waals surface area contributed by atoms with Crippen molar-refractivity contribution in [1.82, 2.24) is 10.2 Å². The highest BCUT2D eigenvalue weighted by molar-refractivity contribution is 7.12. The lowest BCUT2D eigenvalue weighted by atomic mass is 9.75. The van der Waals surface area contributed by atoms with Gasteiger partial charge in [0.25, 0.3) is 0 Å². The number of nitrogens with one attached hydrogen (secondary N) is 1. The van der Waals surface area contributed by atoms with Crippen LogP contribution in [0.2, 0.25) is 0 Å². The topological polar surface area (TPSA) is 15.3 Å². The van der Waals surface area contributed by atoms with Crippen molar-refractivity contribution in [3.8, 4) is 0 Å². The Morgan fingerprint density at radius 3 is 2.60 bits per heavy atom. The van der Waals surface area contributed by atoms with Crippen molar-refractivity contribution in [2.24, 2.45) is 5.41 Å². The first-order valence-corrected chi connectivity index (χ1v) is 8.66. The van der Waals surface area contributed by atoms with Crippen molar-refractivity contribution in [3.63, 3.8) is 0 Å². The average Bonchev–Trinajstić information content (AvgIpc) is 2.70. The van der Waals surface area contributed by atoms with Crippen molar-refractivity contribution < 1.29 is 0 Å². The van der Waals surface area contributed by atoms with Crippen molar-refractivity contribution >= 4 is 11.3 Å². The molecule has 2 nitrogen and oxygen atoms in total. The molecule has 1 N–H and O–H groups in total. The van der Waals surface area contributed by atoms with Crippen molar-refractivity contribution in [2.75, 3.05) is 14.1 Å². The van der Waals surface area contributed by atoms with E-state index in [0.717, 1.165) is 19.1 Å². The summed E-state index contributed by atoms with van der Waals surface area (Å²) in [5, 5.41) is 3.25. The van der Waals surface area contributed by atoms with Crippen molar-refractivity contribution in [2.45, 2.75) is 65.6 Å². The molecule has 1 aromatic heterocycles. The molecule has 1 fully saturated rings. The third-order valence-corrected chi connectivity index (χ3v) is 5.87. The second-order valence-corrected chi connectivity index (χ2v) is 8.48. The summed E-state index contributed by atoms with van der Waals surface area (Å²) in [4.78, 5) is 5.52. The molecule has 0 unspecified atom stereocenters. The first kappa shape index (κ1) is 16.0. The summed E-state index contributed by atoms with van der Waals surface area (Å²) in [5.74, 6) is 0. The second kappa shape index (κ2) is 6.59. The van der Waals surface area contributed by atoms with Crippen LogP contribution in [0.1, 0.15) is 54.8 Å². The lowest BCUT2D eigenvalue weighted by molar-refractivity contribution is 0.123. The molecule has 114 valence electrons. The average molecular weight is 295 g/mol. The maximum Gasteiger partial charge on any atom is 0.0296 e. The summed E-state index contributed by atoms with van der Waals surface area (Å²) in [6, 6.07) is 3.16. The van der Waals surface area contributed by atoms with Crippen LogP contribution in [-0.2, 0) is 13.1 Å². The Kier molecular flexibility index (Phi) is 5.27. The lowest BCUT2D eigenvalue weighted by Crippen LogP contribution is -2.36. The van der Waals surface area contributed by atoms with Crippen molar-refractivity contribution in [1.29, 1.82) is 0 Å². The van der Waals surface area contributed by atoms with E-state index in [4.69, 9.17) is 0 Å². The summed E-state index contributed by atoms with van der Waals surface area (Å²) in [5.41, 5.74) is 2.09. The Morgan fingerprint density at radius 1 is 1.35 bits per heavy atom. The molecule has 0 atom stereocenters. The van der Waals surface area contributed by atoms with E-state index in [1.807, 2.05) is 18.4 Å². The van der Waals surface area contributed by atoms with E-state index in [9.17, 15) is 0 Å². The third kappa shape index (κ3) is 4.06. The minimum atomic E-state index is 0.565. The number of aryl methyl sites for hydroxylation is 1. The Hall–Kier alpha value is -0.380. The molecule has 0 amide bonds. The van der Waals surface area contributed by atoms with Crippen molar-refractivity contribution in [3.05, 3.63) is 21.4 Å². The second-order valence-electron chi connectivity index (χ2n) is 7.13. The Labute approximate surface area is 128 Å². The molecular weight excluding hydrogens is 264 g/mol. The van der Waals surface area contributed by atoms with Gasteiger partial charge in [0, 0.05) is 28.9 Å². The molecule has 0 saturated heterocycles. The summed E-state index contributed by atoms with van der Waals surface area (Å²) < 4.78 is 0. The van der Waals surface area contributed by atoms with Crippen LogP contribution < -0.4 is 5.32 Å². The summed E-state index contributed by atoms with van der Waals surface area (Å²) >= 11 is 1.94. The fraction of sp³-hybridized carbons (Fsp3) is 0.765. The van der Waals surface area contributed by atoms with Gasteiger partial charge in [-0.05, 0) is 63.7 Å². The van der Waals surface area contributed by atoms with Gasteiger partial charge in [0.15, 0.2) is 0 Å². The van der Waals surface area contributed by atoms with Crippen LogP contribution in [0.25, 0.3) is 0 Å². The van der Waals surface area contributed by atoms with E-state index in [-0.39, 0.29) is 0 Å². The Morgan fingerprint density at radius 2 is 2.00 bits per heavy atom. The van der Waals surface area contributed by atoms with Crippen LogP contribution in [0.4, 0.5) is 0 Å². The highest BCUT2D eigenvalue weighted by Crippen LogP contribution is 2.37. The van der Waals surface area contributed by atoms with E-state index in [0.29, 0.717) is 5.41 Å². The van der Waals surface area contributed by atoms with Crippen LogP contribution in [-0.4, -0.2) is 25.0 Å². The molecule has 0 radical (unpaired) electrons. The van der Waals surface area contributed by atoms with Gasteiger partial charge in [-0.2, -0.15) is 0 Å². The minimum Gasteiger partial charge on any atom is -0.315 e. The highest BCUT2D eigenvalue weighted by Gasteiger charge is 2.28. The molecule has 2 rings (SSSR count). The molecule has 0 aromatic carbocycles. The van der Waals surface area contributed by atoms with E-state index in [1.54, 1.807) is 0 Å². The minimum absolute atomic E-state index is 0.565. The van der Waals surface area contributed by atoms with Gasteiger partial charge in [-0.1, -0.05) is 13.8 Å². The zero-order valence-corrected chi connectivity index (χ0v) is 14.6. The number of nitrogens with zero attached hydrogens (tertiary/aromatic N) is 1. The zero-order valence-electron chi connectivity index (χ0n) is 13.8. The van der Waals surface area contributed by atoms with Gasteiger partial charge in [-0.3, -0.25) is 4.90 Å². The Balaban J connectivity index is 1.93. The third-order valence-electron chi connectivity index (χ3n) is 4.77. The molecule has 1 aliphatic carbocycles. The van der Waals surface area contributed by atoms with E-state index in [1.165, 1.54) is 41.0 Å². The molecule has 1 aromatic rings. The standard InChI is InChI=1S/C17H30N2S/c1-13-14(10-16(20-13)11-18-4)12-19(5)15-6-8-17(2,3)9-7-15/h10,15,18H,6-9,11-12H2,1-5H3. The van der Waals surface area contributed by atoms with Crippen LogP contribution in [0.5, 0.6) is 0 Å². The van der Waals surface area contributed by atoms with E-state index in [2.05, 4.69) is 44.1 Å². The maximum absolute atomic E-state index is 3.25. The first-order chi connectivity index (χ1) is 9.41. The molecule has 0 spiro atoms. The van der Waals surface area contributed by atoms with Gasteiger partial charge in [-0.25, -0.2) is 0 Å². The predicted octanol–water partition coefficient (Wildman–Crippen LogP) is 4.18. The molecule has 3 heteroatoms. The maximum atomic E-state index is 3.25. The quantitative estimate of drug-likeness (QED) is 0.876. The molecule has 0 bridgehead atoms. The van der Waals surface area contributed by atoms with Gasteiger partial charge >= 0.3 is 0 Å². The number of rotatable bonds is 5. The molecule has 1 heterocycles. The summed E-state index contributed by atoms with van der Waals surface area (Å²) in [6.07, 6.45) is 5.46.